The molecule has 1 fully saturated rings. The number of hydrogen-bond acceptors (Lipinski definition) is 6. The zero-order valence-corrected chi connectivity index (χ0v) is 16.6. The number of nitrogens with zero attached hydrogens (tertiary/aromatic N) is 1. The maximum absolute atomic E-state index is 12.3. The van der Waals surface area contributed by atoms with Gasteiger partial charge < -0.3 is 14.8 Å². The molecule has 1 saturated heterocycles. The Labute approximate surface area is 166 Å². The van der Waals surface area contributed by atoms with Crippen molar-refractivity contribution < 1.29 is 14.3 Å². The molecule has 1 amide bonds. The Morgan fingerprint density at radius 3 is 3.07 bits per heavy atom. The molecule has 4 rings (SSSR count). The predicted molar refractivity (Wildman–Crippen MR) is 110 cm³/mol. The largest absolute Gasteiger partial charge is 0.496 e. The Balaban J connectivity index is 1.45. The van der Waals surface area contributed by atoms with Crippen LogP contribution in [-0.4, -0.2) is 31.2 Å². The average Bonchev–Trinajstić information content (AvgIpc) is 3.36. The minimum absolute atomic E-state index is 0.0298. The van der Waals surface area contributed by atoms with E-state index in [1.54, 1.807) is 30.2 Å². The van der Waals surface area contributed by atoms with Gasteiger partial charge in [-0.3, -0.25) is 4.79 Å². The SMILES string of the molecule is COc1ccccc1CSc1nc2ccc(NC(=O)C3CCOC3)cc2s1. The number of thioether (sulfide) groups is 1. The average molecular weight is 401 g/mol. The number of nitrogens with one attached hydrogen (secondary N) is 1. The zero-order valence-electron chi connectivity index (χ0n) is 14.9. The summed E-state index contributed by atoms with van der Waals surface area (Å²) in [6, 6.07) is 13.9. The van der Waals surface area contributed by atoms with E-state index < -0.39 is 0 Å². The van der Waals surface area contributed by atoms with E-state index in [1.807, 2.05) is 36.4 Å². The van der Waals surface area contributed by atoms with Gasteiger partial charge in [0.15, 0.2) is 4.34 Å². The summed E-state index contributed by atoms with van der Waals surface area (Å²) in [5.74, 6) is 1.68. The fourth-order valence-corrected chi connectivity index (χ4v) is 5.09. The number of ether oxygens (including phenoxy) is 2. The molecule has 0 spiro atoms. The van der Waals surface area contributed by atoms with Gasteiger partial charge in [0.05, 0.1) is 29.9 Å². The van der Waals surface area contributed by atoms with Gasteiger partial charge in [0.1, 0.15) is 5.75 Å². The van der Waals surface area contributed by atoms with Crippen LogP contribution in [0.25, 0.3) is 10.2 Å². The molecule has 140 valence electrons. The van der Waals surface area contributed by atoms with Crippen molar-refractivity contribution in [2.45, 2.75) is 16.5 Å². The lowest BCUT2D eigenvalue weighted by molar-refractivity contribution is -0.119. The second-order valence-electron chi connectivity index (χ2n) is 6.31. The second-order valence-corrected chi connectivity index (χ2v) is 8.57. The van der Waals surface area contributed by atoms with E-state index >= 15 is 0 Å². The molecule has 27 heavy (non-hydrogen) atoms. The summed E-state index contributed by atoms with van der Waals surface area (Å²) in [5, 5.41) is 2.99. The third-order valence-electron chi connectivity index (χ3n) is 4.48. The van der Waals surface area contributed by atoms with Crippen LogP contribution >= 0.6 is 23.1 Å². The summed E-state index contributed by atoms with van der Waals surface area (Å²) < 4.78 is 12.8. The summed E-state index contributed by atoms with van der Waals surface area (Å²) in [6.07, 6.45) is 0.790. The molecule has 1 N–H and O–H groups in total. The standard InChI is InChI=1S/C20H20N2O3S2/c1-24-17-5-3-2-4-14(17)12-26-20-22-16-7-6-15(10-18(16)27-20)21-19(23)13-8-9-25-11-13/h2-7,10,13H,8-9,11-12H2,1H3,(H,21,23). The molecular weight excluding hydrogens is 380 g/mol. The normalized spacial score (nSPS) is 16.6. The summed E-state index contributed by atoms with van der Waals surface area (Å²) in [7, 11) is 1.69. The van der Waals surface area contributed by atoms with Gasteiger partial charge in [-0.15, -0.1) is 11.3 Å². The molecule has 1 aliphatic heterocycles. The Morgan fingerprint density at radius 2 is 2.26 bits per heavy atom. The van der Waals surface area contributed by atoms with Gasteiger partial charge in [0.2, 0.25) is 5.91 Å². The van der Waals surface area contributed by atoms with Gasteiger partial charge in [-0.2, -0.15) is 0 Å². The lowest BCUT2D eigenvalue weighted by Crippen LogP contribution is -2.22. The summed E-state index contributed by atoms with van der Waals surface area (Å²) in [6.45, 7) is 1.18. The molecular formula is C20H20N2O3S2. The van der Waals surface area contributed by atoms with Crippen LogP contribution in [0, 0.1) is 5.92 Å². The van der Waals surface area contributed by atoms with Crippen LogP contribution < -0.4 is 10.1 Å². The Morgan fingerprint density at radius 1 is 1.37 bits per heavy atom. The third-order valence-corrected chi connectivity index (χ3v) is 6.69. The van der Waals surface area contributed by atoms with Crippen LogP contribution in [0.15, 0.2) is 46.8 Å². The molecule has 0 saturated carbocycles. The van der Waals surface area contributed by atoms with Gasteiger partial charge in [0.25, 0.3) is 0 Å². The van der Waals surface area contributed by atoms with Gasteiger partial charge in [-0.1, -0.05) is 30.0 Å². The number of amides is 1. The number of fused-ring (bicyclic) bond motifs is 1. The van der Waals surface area contributed by atoms with Gasteiger partial charge in [-0.25, -0.2) is 4.98 Å². The monoisotopic (exact) mass is 400 g/mol. The van der Waals surface area contributed by atoms with Crippen LogP contribution in [-0.2, 0) is 15.3 Å². The molecule has 0 aliphatic carbocycles. The summed E-state index contributed by atoms with van der Waals surface area (Å²) >= 11 is 3.33. The summed E-state index contributed by atoms with van der Waals surface area (Å²) in [5.41, 5.74) is 2.91. The zero-order chi connectivity index (χ0) is 18.6. The molecule has 2 heterocycles. The minimum Gasteiger partial charge on any atom is -0.496 e. The van der Waals surface area contributed by atoms with Crippen LogP contribution in [0.2, 0.25) is 0 Å². The molecule has 3 aromatic rings. The smallest absolute Gasteiger partial charge is 0.229 e. The highest BCUT2D eigenvalue weighted by atomic mass is 32.2. The number of hydrogen-bond donors (Lipinski definition) is 1. The Kier molecular flexibility index (Phi) is 5.61. The van der Waals surface area contributed by atoms with E-state index in [9.17, 15) is 4.79 Å². The Bertz CT molecular complexity index is 951. The number of thiazole rings is 1. The van der Waals surface area contributed by atoms with E-state index in [2.05, 4.69) is 16.4 Å². The summed E-state index contributed by atoms with van der Waals surface area (Å²) in [4.78, 5) is 16.9. The van der Waals surface area contributed by atoms with E-state index in [0.29, 0.717) is 13.2 Å². The third kappa shape index (κ3) is 4.26. The number of rotatable bonds is 6. The number of para-hydroxylation sites is 1. The van der Waals surface area contributed by atoms with Crippen LogP contribution in [0.1, 0.15) is 12.0 Å². The van der Waals surface area contributed by atoms with E-state index in [1.165, 1.54) is 0 Å². The fraction of sp³-hybridized carbons (Fsp3) is 0.300. The van der Waals surface area contributed by atoms with Crippen LogP contribution in [0.5, 0.6) is 5.75 Å². The first-order valence-corrected chi connectivity index (χ1v) is 10.6. The topological polar surface area (TPSA) is 60.5 Å². The van der Waals surface area contributed by atoms with Gasteiger partial charge >= 0.3 is 0 Å². The molecule has 1 aromatic heterocycles. The highest BCUT2D eigenvalue weighted by Gasteiger charge is 2.23. The minimum atomic E-state index is -0.0471. The van der Waals surface area contributed by atoms with E-state index in [0.717, 1.165) is 43.7 Å². The molecule has 0 radical (unpaired) electrons. The molecule has 1 aliphatic rings. The number of benzene rings is 2. The highest BCUT2D eigenvalue weighted by Crippen LogP contribution is 2.34. The lowest BCUT2D eigenvalue weighted by Gasteiger charge is -2.08. The van der Waals surface area contributed by atoms with Crippen LogP contribution in [0.3, 0.4) is 0 Å². The van der Waals surface area contributed by atoms with Crippen molar-refractivity contribution in [1.82, 2.24) is 4.98 Å². The second kappa shape index (κ2) is 8.29. The van der Waals surface area contributed by atoms with Crippen molar-refractivity contribution in [2.24, 2.45) is 5.92 Å². The number of methoxy groups -OCH3 is 1. The quantitative estimate of drug-likeness (QED) is 0.614. The van der Waals surface area contributed by atoms with E-state index in [-0.39, 0.29) is 11.8 Å². The van der Waals surface area contributed by atoms with Crippen LogP contribution in [0.4, 0.5) is 5.69 Å². The Hall–Kier alpha value is -2.09. The lowest BCUT2D eigenvalue weighted by atomic mass is 10.1. The first kappa shape index (κ1) is 18.3. The van der Waals surface area contributed by atoms with E-state index in [4.69, 9.17) is 9.47 Å². The van der Waals surface area contributed by atoms with Crippen molar-refractivity contribution in [2.75, 3.05) is 25.6 Å². The fourth-order valence-electron chi connectivity index (χ4n) is 2.99. The molecule has 1 unspecified atom stereocenters. The molecule has 5 nitrogen and oxygen atoms in total. The molecule has 2 aromatic carbocycles. The maximum Gasteiger partial charge on any atom is 0.229 e. The maximum atomic E-state index is 12.3. The number of carbonyl (C=O) groups is 1. The van der Waals surface area contributed by atoms with Crippen molar-refractivity contribution in [1.29, 1.82) is 0 Å². The van der Waals surface area contributed by atoms with Crippen molar-refractivity contribution in [3.8, 4) is 5.75 Å². The number of anilines is 1. The molecule has 0 bridgehead atoms. The van der Waals surface area contributed by atoms with Gasteiger partial charge in [-0.05, 0) is 30.7 Å². The number of carbonyl (C=O) groups excluding carboxylic acids is 1. The van der Waals surface area contributed by atoms with Crippen molar-refractivity contribution in [3.63, 3.8) is 0 Å². The van der Waals surface area contributed by atoms with Gasteiger partial charge in [0, 0.05) is 23.6 Å². The first-order chi connectivity index (χ1) is 13.2. The molecule has 1 atom stereocenters. The predicted octanol–water partition coefficient (Wildman–Crippen LogP) is 4.57. The number of aromatic nitrogens is 1. The first-order valence-electron chi connectivity index (χ1n) is 8.77. The molecule has 7 heteroatoms. The van der Waals surface area contributed by atoms with Crippen molar-refractivity contribution >= 4 is 44.9 Å². The highest BCUT2D eigenvalue weighted by molar-refractivity contribution is 8.00. The van der Waals surface area contributed by atoms with Crippen molar-refractivity contribution in [3.05, 3.63) is 48.0 Å².